The Labute approximate surface area is 151 Å². The summed E-state index contributed by atoms with van der Waals surface area (Å²) in [6, 6.07) is 9.65. The molecule has 0 bridgehead atoms. The van der Waals surface area contributed by atoms with Gasteiger partial charge in [0.2, 0.25) is 0 Å². The van der Waals surface area contributed by atoms with E-state index >= 15 is 0 Å². The number of carbonyl (C=O) groups is 3. The smallest absolute Gasteiger partial charge is 0.324 e. The van der Waals surface area contributed by atoms with Crippen LogP contribution in [0.4, 0.5) is 0 Å². The fraction of sp³-hybridized carbons (Fsp3) is 0.118. The molecule has 0 radical (unpaired) electrons. The van der Waals surface area contributed by atoms with Crippen LogP contribution in [0, 0.1) is 0 Å². The van der Waals surface area contributed by atoms with E-state index in [4.69, 9.17) is 4.84 Å². The third-order valence-corrected chi connectivity index (χ3v) is 4.62. The lowest BCUT2D eigenvalue weighted by Gasteiger charge is -2.12. The summed E-state index contributed by atoms with van der Waals surface area (Å²) in [6.45, 7) is 0. The predicted octanol–water partition coefficient (Wildman–Crippen LogP) is 2.22. The Hall–Kier alpha value is -3.33. The second-order valence-electron chi connectivity index (χ2n) is 5.51. The fourth-order valence-electron chi connectivity index (χ4n) is 2.54. The summed E-state index contributed by atoms with van der Waals surface area (Å²) in [6.07, 6.45) is 3.49. The van der Waals surface area contributed by atoms with Gasteiger partial charge in [-0.25, -0.2) is 14.5 Å². The van der Waals surface area contributed by atoms with Crippen molar-refractivity contribution in [2.24, 2.45) is 0 Å². The second-order valence-corrected chi connectivity index (χ2v) is 6.36. The maximum Gasteiger partial charge on any atom is 0.377 e. The Morgan fingerprint density at radius 1 is 1.08 bits per heavy atom. The van der Waals surface area contributed by atoms with Crippen molar-refractivity contribution in [3.05, 3.63) is 53.1 Å². The van der Waals surface area contributed by atoms with Gasteiger partial charge in [-0.2, -0.15) is 5.10 Å². The molecule has 2 aromatic heterocycles. The first kappa shape index (κ1) is 16.2. The molecule has 1 aliphatic heterocycles. The minimum absolute atomic E-state index is 0.0429. The van der Waals surface area contributed by atoms with E-state index in [-0.39, 0.29) is 23.5 Å². The Morgan fingerprint density at radius 3 is 2.54 bits per heavy atom. The Bertz CT molecular complexity index is 979. The van der Waals surface area contributed by atoms with Gasteiger partial charge >= 0.3 is 5.97 Å². The van der Waals surface area contributed by atoms with E-state index in [1.165, 1.54) is 10.2 Å². The summed E-state index contributed by atoms with van der Waals surface area (Å²) >= 11 is 1.05. The van der Waals surface area contributed by atoms with E-state index in [9.17, 15) is 14.4 Å². The summed E-state index contributed by atoms with van der Waals surface area (Å²) in [4.78, 5) is 44.9. The van der Waals surface area contributed by atoms with Gasteiger partial charge in [0.1, 0.15) is 0 Å². The number of aromatic nitrogens is 3. The highest BCUT2D eigenvalue weighted by molar-refractivity contribution is 7.12. The van der Waals surface area contributed by atoms with Gasteiger partial charge in [0.05, 0.1) is 11.7 Å². The summed E-state index contributed by atoms with van der Waals surface area (Å²) in [5.74, 6) is -1.59. The van der Waals surface area contributed by atoms with E-state index in [1.54, 1.807) is 12.4 Å². The minimum Gasteiger partial charge on any atom is -0.324 e. The number of hydrogen-bond acceptors (Lipinski definition) is 7. The first-order chi connectivity index (χ1) is 12.6. The Kier molecular flexibility index (Phi) is 4.05. The molecule has 26 heavy (non-hydrogen) atoms. The fourth-order valence-corrected chi connectivity index (χ4v) is 3.19. The van der Waals surface area contributed by atoms with Crippen LogP contribution in [0.5, 0.6) is 0 Å². The zero-order chi connectivity index (χ0) is 18.1. The van der Waals surface area contributed by atoms with E-state index in [1.807, 2.05) is 30.3 Å². The van der Waals surface area contributed by atoms with Gasteiger partial charge in [0, 0.05) is 24.6 Å². The predicted molar refractivity (Wildman–Crippen MR) is 91.2 cm³/mol. The molecule has 9 heteroatoms. The van der Waals surface area contributed by atoms with Gasteiger partial charge in [-0.05, 0) is 5.56 Å². The molecule has 0 aliphatic carbocycles. The first-order valence-electron chi connectivity index (χ1n) is 7.75. The molecule has 130 valence electrons. The standard InChI is InChI=1S/C17H12N4O4S/c22-13-6-7-14(23)21(13)25-17(24)15-16(18-10-26-15)20-9-12(8-19-20)11-4-2-1-3-5-11/h1-5,8-10H,6-7H2. The molecule has 1 fully saturated rings. The number of nitrogens with zero attached hydrogens (tertiary/aromatic N) is 4. The second kappa shape index (κ2) is 6.52. The molecule has 3 aromatic rings. The van der Waals surface area contributed by atoms with E-state index in [0.29, 0.717) is 5.06 Å². The average molecular weight is 368 g/mol. The zero-order valence-corrected chi connectivity index (χ0v) is 14.2. The normalized spacial score (nSPS) is 14.1. The van der Waals surface area contributed by atoms with Crippen LogP contribution in [0.3, 0.4) is 0 Å². The van der Waals surface area contributed by atoms with Crippen LogP contribution in [0.15, 0.2) is 48.2 Å². The molecule has 0 spiro atoms. The summed E-state index contributed by atoms with van der Waals surface area (Å²) in [7, 11) is 0. The van der Waals surface area contributed by atoms with Crippen LogP contribution in [0.25, 0.3) is 16.9 Å². The highest BCUT2D eigenvalue weighted by atomic mass is 32.1. The van der Waals surface area contributed by atoms with Gasteiger partial charge in [0.25, 0.3) is 11.8 Å². The number of amides is 2. The minimum atomic E-state index is -0.817. The Balaban J connectivity index is 1.59. The van der Waals surface area contributed by atoms with Crippen LogP contribution in [0.2, 0.25) is 0 Å². The number of thiazole rings is 1. The van der Waals surface area contributed by atoms with Gasteiger partial charge in [0.15, 0.2) is 10.7 Å². The molecular weight excluding hydrogens is 356 g/mol. The van der Waals surface area contributed by atoms with Crippen molar-refractivity contribution in [3.63, 3.8) is 0 Å². The van der Waals surface area contributed by atoms with Gasteiger partial charge in [-0.1, -0.05) is 30.3 Å². The van der Waals surface area contributed by atoms with Crippen LogP contribution >= 0.6 is 11.3 Å². The van der Waals surface area contributed by atoms with Crippen LogP contribution < -0.4 is 0 Å². The van der Waals surface area contributed by atoms with Crippen molar-refractivity contribution < 1.29 is 19.2 Å². The van der Waals surface area contributed by atoms with E-state index in [2.05, 4.69) is 10.1 Å². The lowest BCUT2D eigenvalue weighted by Crippen LogP contribution is -2.32. The number of hydroxylamine groups is 2. The molecule has 0 atom stereocenters. The molecule has 0 saturated carbocycles. The average Bonchev–Trinajstić information content (AvgIpc) is 3.38. The van der Waals surface area contributed by atoms with Crippen molar-refractivity contribution in [1.29, 1.82) is 0 Å². The molecule has 8 nitrogen and oxygen atoms in total. The molecule has 1 aromatic carbocycles. The molecule has 1 aliphatic rings. The largest absolute Gasteiger partial charge is 0.377 e. The maximum atomic E-state index is 12.4. The molecule has 2 amide bonds. The third kappa shape index (κ3) is 2.88. The highest BCUT2D eigenvalue weighted by Crippen LogP contribution is 2.24. The van der Waals surface area contributed by atoms with E-state index in [0.717, 1.165) is 22.5 Å². The van der Waals surface area contributed by atoms with Crippen molar-refractivity contribution in [2.45, 2.75) is 12.8 Å². The quantitative estimate of drug-likeness (QED) is 0.656. The topological polar surface area (TPSA) is 94.4 Å². The number of benzene rings is 1. The molecule has 1 saturated heterocycles. The lowest BCUT2D eigenvalue weighted by molar-refractivity contribution is -0.172. The van der Waals surface area contributed by atoms with Gasteiger partial charge in [-0.15, -0.1) is 16.4 Å². The molecule has 4 rings (SSSR count). The zero-order valence-electron chi connectivity index (χ0n) is 13.4. The number of rotatable bonds is 4. The molecule has 0 unspecified atom stereocenters. The SMILES string of the molecule is O=C(ON1C(=O)CCC1=O)c1scnc1-n1cc(-c2ccccc2)cn1. The van der Waals surface area contributed by atoms with Gasteiger partial charge < -0.3 is 4.84 Å². The third-order valence-electron chi connectivity index (χ3n) is 3.82. The van der Waals surface area contributed by atoms with E-state index < -0.39 is 17.8 Å². The van der Waals surface area contributed by atoms with Gasteiger partial charge in [-0.3, -0.25) is 9.59 Å². The number of hydrogen-bond donors (Lipinski definition) is 0. The van der Waals surface area contributed by atoms with Crippen LogP contribution in [-0.2, 0) is 14.4 Å². The molecular formula is C17H12N4O4S. The first-order valence-corrected chi connectivity index (χ1v) is 8.63. The monoisotopic (exact) mass is 368 g/mol. The van der Waals surface area contributed by atoms with Crippen molar-refractivity contribution in [2.75, 3.05) is 0 Å². The number of imide groups is 1. The summed E-state index contributed by atoms with van der Waals surface area (Å²) in [5.41, 5.74) is 3.32. The summed E-state index contributed by atoms with van der Waals surface area (Å²) < 4.78 is 1.46. The van der Waals surface area contributed by atoms with Crippen LogP contribution in [0.1, 0.15) is 22.5 Å². The highest BCUT2D eigenvalue weighted by Gasteiger charge is 2.34. The van der Waals surface area contributed by atoms with Crippen molar-refractivity contribution >= 4 is 29.1 Å². The summed E-state index contributed by atoms with van der Waals surface area (Å²) in [5, 5.41) is 4.76. The molecule has 3 heterocycles. The molecule has 0 N–H and O–H groups in total. The lowest BCUT2D eigenvalue weighted by atomic mass is 10.1. The van der Waals surface area contributed by atoms with Crippen LogP contribution in [-0.4, -0.2) is 37.6 Å². The Morgan fingerprint density at radius 2 is 1.81 bits per heavy atom. The number of carbonyl (C=O) groups excluding carboxylic acids is 3. The van der Waals surface area contributed by atoms with Crippen molar-refractivity contribution in [1.82, 2.24) is 19.8 Å². The maximum absolute atomic E-state index is 12.4. The van der Waals surface area contributed by atoms with Crippen molar-refractivity contribution in [3.8, 4) is 16.9 Å².